The van der Waals surface area contributed by atoms with Gasteiger partial charge in [0, 0.05) is 90.5 Å². The molecule has 0 saturated carbocycles. The van der Waals surface area contributed by atoms with Crippen molar-refractivity contribution in [2.75, 3.05) is 59.2 Å². The predicted octanol–water partition coefficient (Wildman–Crippen LogP) is 9.73. The number of aryl methyl sites for hydroxylation is 1. The van der Waals surface area contributed by atoms with E-state index in [1.807, 2.05) is 107 Å². The van der Waals surface area contributed by atoms with Crippen molar-refractivity contribution in [2.45, 2.75) is 83.5 Å². The van der Waals surface area contributed by atoms with Crippen molar-refractivity contribution in [3.05, 3.63) is 112 Å². The van der Waals surface area contributed by atoms with Crippen molar-refractivity contribution in [3.63, 3.8) is 0 Å². The molecular weight excluding hydrogens is 1020 g/mol. The lowest BCUT2D eigenvalue weighted by molar-refractivity contribution is -0.146. The van der Waals surface area contributed by atoms with E-state index in [-0.39, 0.29) is 62.2 Å². The van der Waals surface area contributed by atoms with Crippen LogP contribution >= 0.6 is 38.6 Å². The minimum Gasteiger partial charge on any atom is -0.508 e. The third-order valence-electron chi connectivity index (χ3n) is 14.4. The van der Waals surface area contributed by atoms with Crippen LogP contribution in [0.4, 0.5) is 0 Å². The van der Waals surface area contributed by atoms with Gasteiger partial charge in [-0.15, -0.1) is 22.7 Å². The molecule has 6 aromatic rings. The summed E-state index contributed by atoms with van der Waals surface area (Å²) in [6, 6.07) is 28.9. The number of β-amino-alcohol motifs (C(OH)–C–C–N with tert-alkyl or cyclic N) is 1. The number of thiophene rings is 1. The number of phenols is 1. The Bertz CT molecular complexity index is 2850. The van der Waals surface area contributed by atoms with Crippen LogP contribution in [0.2, 0.25) is 0 Å². The minimum absolute atomic E-state index is 0.0150. The molecule has 9 rings (SSSR count). The van der Waals surface area contributed by atoms with Gasteiger partial charge in [-0.05, 0) is 90.0 Å². The lowest BCUT2D eigenvalue weighted by Gasteiger charge is -2.35. The summed E-state index contributed by atoms with van der Waals surface area (Å²) in [5.74, 6) is 0.530. The Labute approximate surface area is 437 Å². The van der Waals surface area contributed by atoms with Gasteiger partial charge in [-0.2, -0.15) is 0 Å². The molecule has 16 heteroatoms. The summed E-state index contributed by atoms with van der Waals surface area (Å²) in [5.41, 5.74) is 5.02. The summed E-state index contributed by atoms with van der Waals surface area (Å²) in [4.78, 5) is 54.4. The fourth-order valence-corrected chi connectivity index (χ4v) is 12.7. The first kappa shape index (κ1) is 51.8. The topological polar surface area (TPSA) is 162 Å². The normalized spacial score (nSPS) is 20.1. The number of ether oxygens (including phenoxy) is 3. The number of aromatic hydroxyl groups is 1. The van der Waals surface area contributed by atoms with Crippen LogP contribution in [0.5, 0.6) is 23.0 Å². The highest BCUT2D eigenvalue weighted by atomic mass is 79.9. The summed E-state index contributed by atoms with van der Waals surface area (Å²) in [5, 5.41) is 32.2. The highest BCUT2D eigenvalue weighted by molar-refractivity contribution is 9.10. The Hall–Kier alpha value is -5.04. The molecule has 0 aliphatic carbocycles. The van der Waals surface area contributed by atoms with Crippen molar-refractivity contribution in [1.29, 1.82) is 0 Å². The molecule has 5 heterocycles. The van der Waals surface area contributed by atoms with E-state index in [1.165, 1.54) is 4.90 Å². The lowest BCUT2D eigenvalue weighted by Crippen LogP contribution is -2.48. The predicted molar refractivity (Wildman–Crippen MR) is 285 cm³/mol. The number of nitrogens with zero attached hydrogens (tertiary/aromatic N) is 4. The average Bonchev–Trinajstić information content (AvgIpc) is 4.21. The number of hydrogen-bond donors (Lipinski definition) is 3. The van der Waals surface area contributed by atoms with Gasteiger partial charge in [-0.3, -0.25) is 24.2 Å². The van der Waals surface area contributed by atoms with Gasteiger partial charge < -0.3 is 34.4 Å². The third-order valence-corrected chi connectivity index (χ3v) is 17.1. The summed E-state index contributed by atoms with van der Waals surface area (Å²) < 4.78 is 20.6. The van der Waals surface area contributed by atoms with Gasteiger partial charge >= 0.3 is 0 Å². The largest absolute Gasteiger partial charge is 0.508 e. The van der Waals surface area contributed by atoms with Gasteiger partial charge in [0.05, 0.1) is 46.3 Å². The SMILES string of the molecule is Cc1ncsc1-c1ccc([C@H](CO)CC(=O)[C@@H]2C[C@@H](O)CN2C(=O)[C@@H](CC(=O)COCCN2C[C@@H]3C[C@H]2CN3CCOc2ccc(Oc3c(-c4ccc(Br)cc4)sc4cc(O)ccc34)cc2)C(C)(C)C)cc1. The molecule has 3 fully saturated rings. The molecule has 4 aromatic carbocycles. The van der Waals surface area contributed by atoms with Crippen LogP contribution in [0.15, 0.2) is 101 Å². The molecule has 2 bridgehead atoms. The third kappa shape index (κ3) is 12.0. The van der Waals surface area contributed by atoms with E-state index in [2.05, 4.69) is 30.7 Å². The molecule has 72 heavy (non-hydrogen) atoms. The van der Waals surface area contributed by atoms with Crippen molar-refractivity contribution in [1.82, 2.24) is 19.7 Å². The number of phenolic OH excluding ortho intramolecular Hbond substituents is 1. The molecule has 380 valence electrons. The zero-order valence-electron chi connectivity index (χ0n) is 41.2. The Morgan fingerprint density at radius 3 is 2.15 bits per heavy atom. The van der Waals surface area contributed by atoms with Crippen LogP contribution in [0.1, 0.15) is 63.6 Å². The van der Waals surface area contributed by atoms with Crippen LogP contribution in [0.25, 0.3) is 31.0 Å². The van der Waals surface area contributed by atoms with Crippen LogP contribution in [-0.4, -0.2) is 136 Å². The van der Waals surface area contributed by atoms with E-state index in [9.17, 15) is 29.7 Å². The fraction of sp³-hybridized carbons (Fsp3) is 0.429. The number of benzene rings is 4. The molecular formula is C56H63BrN4O9S2. The maximum Gasteiger partial charge on any atom is 0.227 e. The number of carbonyl (C=O) groups excluding carboxylic acids is 3. The second kappa shape index (κ2) is 22.6. The molecule has 6 atom stereocenters. The van der Waals surface area contributed by atoms with Crippen molar-refractivity contribution in [3.8, 4) is 43.9 Å². The van der Waals surface area contributed by atoms with Gasteiger partial charge in [0.1, 0.15) is 30.5 Å². The quantitative estimate of drug-likeness (QED) is 0.0587. The number of thiazole rings is 1. The average molecular weight is 1080 g/mol. The number of ketones is 2. The van der Waals surface area contributed by atoms with Gasteiger partial charge in [0.15, 0.2) is 17.3 Å². The molecule has 3 saturated heterocycles. The maximum absolute atomic E-state index is 14.3. The molecule has 3 aliphatic rings. The van der Waals surface area contributed by atoms with E-state index in [0.717, 1.165) is 84.3 Å². The van der Waals surface area contributed by atoms with E-state index in [4.69, 9.17) is 14.2 Å². The Kier molecular flexibility index (Phi) is 16.3. The van der Waals surface area contributed by atoms with Crippen LogP contribution < -0.4 is 9.47 Å². The highest BCUT2D eigenvalue weighted by Crippen LogP contribution is 2.47. The smallest absolute Gasteiger partial charge is 0.227 e. The zero-order valence-corrected chi connectivity index (χ0v) is 44.4. The van der Waals surface area contributed by atoms with Crippen LogP contribution in [-0.2, 0) is 19.1 Å². The number of halogens is 1. The number of aliphatic hydroxyl groups excluding tert-OH is 2. The summed E-state index contributed by atoms with van der Waals surface area (Å²) in [6.07, 6.45) is 0.323. The Morgan fingerprint density at radius 1 is 0.833 bits per heavy atom. The number of fused-ring (bicyclic) bond motifs is 3. The molecule has 0 radical (unpaired) electrons. The number of carbonyl (C=O) groups is 3. The van der Waals surface area contributed by atoms with Gasteiger partial charge in [-0.25, -0.2) is 4.98 Å². The number of likely N-dealkylation sites (tertiary alicyclic amines) is 3. The zero-order chi connectivity index (χ0) is 50.7. The van der Waals surface area contributed by atoms with E-state index >= 15 is 0 Å². The van der Waals surface area contributed by atoms with Gasteiger partial charge in [0.2, 0.25) is 5.91 Å². The highest BCUT2D eigenvalue weighted by Gasteiger charge is 2.45. The summed E-state index contributed by atoms with van der Waals surface area (Å²) in [7, 11) is 0. The molecule has 0 spiro atoms. The molecule has 13 nitrogen and oxygen atoms in total. The van der Waals surface area contributed by atoms with Crippen LogP contribution in [0.3, 0.4) is 0 Å². The monoisotopic (exact) mass is 1080 g/mol. The fourth-order valence-electron chi connectivity index (χ4n) is 10.5. The first-order chi connectivity index (χ1) is 34.6. The molecule has 2 aromatic heterocycles. The van der Waals surface area contributed by atoms with E-state index in [1.54, 1.807) is 40.3 Å². The second-order valence-corrected chi connectivity index (χ2v) is 23.3. The van der Waals surface area contributed by atoms with Crippen molar-refractivity contribution >= 4 is 66.2 Å². The summed E-state index contributed by atoms with van der Waals surface area (Å²) >= 11 is 6.67. The summed E-state index contributed by atoms with van der Waals surface area (Å²) in [6.45, 7) is 11.7. The van der Waals surface area contributed by atoms with Crippen LogP contribution in [0, 0.1) is 18.3 Å². The number of aliphatic hydroxyl groups is 2. The molecule has 3 aliphatic heterocycles. The van der Waals surface area contributed by atoms with E-state index in [0.29, 0.717) is 37.6 Å². The first-order valence-corrected chi connectivity index (χ1v) is 27.2. The van der Waals surface area contributed by atoms with Crippen molar-refractivity contribution < 1.29 is 43.9 Å². The Balaban J connectivity index is 0.703. The maximum atomic E-state index is 14.3. The number of rotatable bonds is 21. The number of aromatic nitrogens is 1. The lowest BCUT2D eigenvalue weighted by atomic mass is 9.76. The molecule has 0 unspecified atom stereocenters. The van der Waals surface area contributed by atoms with Gasteiger partial charge in [0.25, 0.3) is 0 Å². The van der Waals surface area contributed by atoms with E-state index < -0.39 is 29.4 Å². The number of amides is 1. The minimum atomic E-state index is -0.861. The number of Topliss-reactive ketones (excluding diaryl/α,β-unsaturated/α-hetero) is 2. The molecule has 3 N–H and O–H groups in total. The second-order valence-electron chi connectivity index (χ2n) is 20.5. The number of piperazine rings is 1. The molecule has 1 amide bonds. The van der Waals surface area contributed by atoms with Gasteiger partial charge in [-0.1, -0.05) is 73.1 Å². The Morgan fingerprint density at radius 2 is 1.50 bits per heavy atom. The van der Waals surface area contributed by atoms with Crippen molar-refractivity contribution in [2.24, 2.45) is 11.3 Å². The first-order valence-electron chi connectivity index (χ1n) is 24.7. The standard InChI is InChI=1S/C56H63BrN4O9S2/c1-34-53(71-33-58-34)36-7-5-35(6-8-36)38(31-62)23-50(66)49-26-43(64)30-61(49)55(67)48(56(2,3)4)25-44(65)32-68-21-19-59-28-41-24-40(59)29-60(41)20-22-69-45-14-16-46(17-15-45)70-52-47-18-13-42(63)27-51(47)72-54(52)37-9-11-39(57)12-10-37/h5-18,27,33,38,40-41,43,48-49,62-64H,19-26,28-32H2,1-4H3/t38-,40-,41-,43+,48+,49-/m0/s1. The number of hydrogen-bond acceptors (Lipinski definition) is 14.